The van der Waals surface area contributed by atoms with Crippen LogP contribution in [0.5, 0.6) is 0 Å². The third kappa shape index (κ3) is 1.43. The smallest absolute Gasteiger partial charge is 0.180 e. The van der Waals surface area contributed by atoms with Crippen molar-refractivity contribution < 1.29 is 4.52 Å². The Bertz CT molecular complexity index is 473. The highest BCUT2D eigenvalue weighted by atomic mass is 127. The molecule has 0 saturated heterocycles. The molecule has 72 valence electrons. The van der Waals surface area contributed by atoms with Crippen molar-refractivity contribution in [3.8, 4) is 0 Å². The maximum Gasteiger partial charge on any atom is 0.180 e. The van der Waals surface area contributed by atoms with Gasteiger partial charge in [0, 0.05) is 5.39 Å². The Kier molecular flexibility index (Phi) is 2.00. The van der Waals surface area contributed by atoms with Crippen molar-refractivity contribution in [2.75, 3.05) is 0 Å². The topological polar surface area (TPSA) is 26.0 Å². The molecule has 1 saturated carbocycles. The molecule has 2 nitrogen and oxygen atoms in total. The summed E-state index contributed by atoms with van der Waals surface area (Å²) in [6.45, 7) is 0. The molecule has 0 aliphatic heterocycles. The van der Waals surface area contributed by atoms with Crippen LogP contribution in [0, 0.1) is 9.49 Å². The van der Waals surface area contributed by atoms with E-state index in [1.54, 1.807) is 0 Å². The molecule has 1 aliphatic carbocycles. The first kappa shape index (κ1) is 8.71. The monoisotopic (exact) mass is 299 g/mol. The summed E-state index contributed by atoms with van der Waals surface area (Å²) in [6.07, 6.45) is 3.81. The van der Waals surface area contributed by atoms with E-state index < -0.39 is 0 Å². The molecule has 0 amide bonds. The summed E-state index contributed by atoms with van der Waals surface area (Å²) in [5, 5.41) is 5.35. The van der Waals surface area contributed by atoms with E-state index >= 15 is 0 Å². The molecule has 1 heterocycles. The number of benzene rings is 1. The van der Waals surface area contributed by atoms with Crippen LogP contribution in [0.3, 0.4) is 0 Å². The fourth-order valence-electron chi connectivity index (χ4n) is 1.72. The lowest BCUT2D eigenvalue weighted by Crippen LogP contribution is -1.86. The van der Waals surface area contributed by atoms with Gasteiger partial charge in [-0.05, 0) is 59.9 Å². The van der Waals surface area contributed by atoms with Gasteiger partial charge in [-0.25, -0.2) is 0 Å². The fourth-order valence-corrected chi connectivity index (χ4v) is 2.32. The molecule has 0 radical (unpaired) electrons. The Morgan fingerprint density at radius 1 is 1.43 bits per heavy atom. The third-order valence-electron chi connectivity index (χ3n) is 2.70. The quantitative estimate of drug-likeness (QED) is 0.795. The summed E-state index contributed by atoms with van der Waals surface area (Å²) in [5.74, 6) is 0.862. The first-order chi connectivity index (χ1) is 6.84. The lowest BCUT2D eigenvalue weighted by atomic mass is 10.1. The number of nitrogens with zero attached hydrogens (tertiary/aromatic N) is 1. The zero-order chi connectivity index (χ0) is 9.54. The van der Waals surface area contributed by atoms with Gasteiger partial charge in [0.2, 0.25) is 0 Å². The van der Waals surface area contributed by atoms with E-state index in [2.05, 4.69) is 45.9 Å². The summed E-state index contributed by atoms with van der Waals surface area (Å²) in [6, 6.07) is 6.22. The maximum atomic E-state index is 5.35. The van der Waals surface area contributed by atoms with Gasteiger partial charge < -0.3 is 4.52 Å². The minimum atomic E-state index is 0.862. The molecule has 1 aromatic carbocycles. The number of rotatable bonds is 2. The van der Waals surface area contributed by atoms with Crippen LogP contribution >= 0.6 is 22.6 Å². The molecule has 0 spiro atoms. The average molecular weight is 299 g/mol. The van der Waals surface area contributed by atoms with Crippen LogP contribution in [0.15, 0.2) is 22.7 Å². The Labute approximate surface area is 95.8 Å². The van der Waals surface area contributed by atoms with Crippen LogP contribution < -0.4 is 0 Å². The minimum absolute atomic E-state index is 0.862. The Morgan fingerprint density at radius 2 is 2.29 bits per heavy atom. The Morgan fingerprint density at radius 3 is 3.07 bits per heavy atom. The molecule has 1 fully saturated rings. The predicted molar refractivity (Wildman–Crippen MR) is 63.2 cm³/mol. The molecule has 14 heavy (non-hydrogen) atoms. The molecule has 0 N–H and O–H groups in total. The SMILES string of the molecule is Ic1cccc2c(CC3CC3)noc12. The second kappa shape index (κ2) is 3.22. The number of halogens is 1. The van der Waals surface area contributed by atoms with Crippen molar-refractivity contribution in [1.29, 1.82) is 0 Å². The van der Waals surface area contributed by atoms with Crippen molar-refractivity contribution in [3.63, 3.8) is 0 Å². The normalized spacial score (nSPS) is 16.4. The van der Waals surface area contributed by atoms with E-state index in [-0.39, 0.29) is 0 Å². The fraction of sp³-hybridized carbons (Fsp3) is 0.364. The molecular weight excluding hydrogens is 289 g/mol. The predicted octanol–water partition coefficient (Wildman–Crippen LogP) is 3.38. The van der Waals surface area contributed by atoms with Gasteiger partial charge in [0.15, 0.2) is 5.58 Å². The maximum absolute atomic E-state index is 5.35. The van der Waals surface area contributed by atoms with Crippen LogP contribution in [-0.4, -0.2) is 5.16 Å². The van der Waals surface area contributed by atoms with E-state index in [4.69, 9.17) is 4.52 Å². The van der Waals surface area contributed by atoms with Crippen LogP contribution in [0.25, 0.3) is 11.0 Å². The Balaban J connectivity index is 2.10. The van der Waals surface area contributed by atoms with Crippen molar-refractivity contribution in [1.82, 2.24) is 5.16 Å². The minimum Gasteiger partial charge on any atom is -0.355 e. The molecule has 2 aromatic rings. The lowest BCUT2D eigenvalue weighted by molar-refractivity contribution is 0.442. The summed E-state index contributed by atoms with van der Waals surface area (Å²) in [5.41, 5.74) is 2.09. The molecule has 0 bridgehead atoms. The number of hydrogen-bond acceptors (Lipinski definition) is 2. The second-order valence-electron chi connectivity index (χ2n) is 3.89. The summed E-state index contributed by atoms with van der Waals surface area (Å²) >= 11 is 2.29. The van der Waals surface area contributed by atoms with Crippen LogP contribution in [-0.2, 0) is 6.42 Å². The highest BCUT2D eigenvalue weighted by Gasteiger charge is 2.24. The van der Waals surface area contributed by atoms with Crippen LogP contribution in [0.1, 0.15) is 18.5 Å². The van der Waals surface area contributed by atoms with Gasteiger partial charge in [0.05, 0.1) is 9.26 Å². The van der Waals surface area contributed by atoms with Crippen molar-refractivity contribution in [3.05, 3.63) is 27.5 Å². The number of hydrogen-bond donors (Lipinski definition) is 0. The van der Waals surface area contributed by atoms with Gasteiger partial charge in [-0.2, -0.15) is 0 Å². The van der Waals surface area contributed by atoms with Crippen LogP contribution in [0.2, 0.25) is 0 Å². The molecule has 1 aliphatic rings. The molecule has 1 aromatic heterocycles. The number of para-hydroxylation sites is 1. The molecular formula is C11H10INO. The highest BCUT2D eigenvalue weighted by Crippen LogP contribution is 2.34. The zero-order valence-corrected chi connectivity index (χ0v) is 9.82. The van der Waals surface area contributed by atoms with Crippen LogP contribution in [0.4, 0.5) is 0 Å². The van der Waals surface area contributed by atoms with Crippen molar-refractivity contribution in [2.24, 2.45) is 5.92 Å². The number of aromatic nitrogens is 1. The first-order valence-electron chi connectivity index (χ1n) is 4.87. The van der Waals surface area contributed by atoms with Gasteiger partial charge in [0.25, 0.3) is 0 Å². The van der Waals surface area contributed by atoms with E-state index in [0.717, 1.165) is 27.2 Å². The molecule has 0 unspecified atom stereocenters. The van der Waals surface area contributed by atoms with E-state index in [9.17, 15) is 0 Å². The Hall–Kier alpha value is -0.580. The largest absolute Gasteiger partial charge is 0.355 e. The highest BCUT2D eigenvalue weighted by molar-refractivity contribution is 14.1. The van der Waals surface area contributed by atoms with E-state index in [0.29, 0.717) is 0 Å². The summed E-state index contributed by atoms with van der Waals surface area (Å²) in [7, 11) is 0. The average Bonchev–Trinajstić information content (AvgIpc) is 2.88. The second-order valence-corrected chi connectivity index (χ2v) is 5.06. The van der Waals surface area contributed by atoms with Gasteiger partial charge in [-0.15, -0.1) is 0 Å². The molecule has 3 rings (SSSR count). The molecule has 0 atom stereocenters. The van der Waals surface area contributed by atoms with Gasteiger partial charge >= 0.3 is 0 Å². The van der Waals surface area contributed by atoms with E-state index in [1.165, 1.54) is 18.2 Å². The third-order valence-corrected chi connectivity index (χ3v) is 3.55. The standard InChI is InChI=1S/C11H10INO/c12-9-3-1-2-8-10(6-7-4-5-7)13-14-11(8)9/h1-3,7H,4-6H2. The van der Waals surface area contributed by atoms with Gasteiger partial charge in [-0.1, -0.05) is 11.2 Å². The number of fused-ring (bicyclic) bond motifs is 1. The van der Waals surface area contributed by atoms with Gasteiger partial charge in [0.1, 0.15) is 0 Å². The first-order valence-corrected chi connectivity index (χ1v) is 5.95. The van der Waals surface area contributed by atoms with E-state index in [1.807, 2.05) is 0 Å². The van der Waals surface area contributed by atoms with Gasteiger partial charge in [-0.3, -0.25) is 0 Å². The van der Waals surface area contributed by atoms with Crippen molar-refractivity contribution in [2.45, 2.75) is 19.3 Å². The summed E-state index contributed by atoms with van der Waals surface area (Å²) < 4.78 is 6.50. The lowest BCUT2D eigenvalue weighted by Gasteiger charge is -1.93. The van der Waals surface area contributed by atoms with Crippen molar-refractivity contribution >= 4 is 33.6 Å². The zero-order valence-electron chi connectivity index (χ0n) is 7.66. The summed E-state index contributed by atoms with van der Waals surface area (Å²) in [4.78, 5) is 0. The molecule has 3 heteroatoms.